The summed E-state index contributed by atoms with van der Waals surface area (Å²) in [5, 5.41) is 0. The third-order valence-electron chi connectivity index (χ3n) is 7.79. The van der Waals surface area contributed by atoms with Crippen LogP contribution in [0.3, 0.4) is 0 Å². The molecule has 0 aromatic heterocycles. The Bertz CT molecular complexity index is 792. The second-order valence-corrected chi connectivity index (χ2v) is 9.15. The smallest absolute Gasteiger partial charge is 0.142 e. The summed E-state index contributed by atoms with van der Waals surface area (Å²) in [4.78, 5) is 13.4. The molecule has 6 rings (SSSR count). The molecule has 0 amide bonds. The van der Waals surface area contributed by atoms with E-state index >= 15 is 0 Å². The fourth-order valence-corrected chi connectivity index (χ4v) is 5.84. The predicted molar refractivity (Wildman–Crippen MR) is 105 cm³/mol. The Balaban J connectivity index is 1.31. The van der Waals surface area contributed by atoms with Crippen molar-refractivity contribution in [3.63, 3.8) is 0 Å². The molecule has 0 N–H and O–H groups in total. The van der Waals surface area contributed by atoms with Gasteiger partial charge in [0.25, 0.3) is 0 Å². The first kappa shape index (κ1) is 16.3. The zero-order valence-electron chi connectivity index (χ0n) is 15.7. The average Bonchev–Trinajstić information content (AvgIpc) is 3.51. The molecule has 0 saturated heterocycles. The molecule has 26 heavy (non-hydrogen) atoms. The molecule has 4 aliphatic rings. The van der Waals surface area contributed by atoms with Gasteiger partial charge in [0.05, 0.1) is 0 Å². The highest BCUT2D eigenvalue weighted by molar-refractivity contribution is 5.90. The number of carbonyl (C=O) groups is 1. The van der Waals surface area contributed by atoms with Gasteiger partial charge in [-0.05, 0) is 74.3 Å². The van der Waals surface area contributed by atoms with E-state index in [1.807, 2.05) is 0 Å². The first-order valence-corrected chi connectivity index (χ1v) is 10.3. The minimum absolute atomic E-state index is 0.000639. The third-order valence-corrected chi connectivity index (χ3v) is 7.79. The molecule has 0 heterocycles. The van der Waals surface area contributed by atoms with E-state index in [1.54, 1.807) is 0 Å². The Morgan fingerprint density at radius 1 is 0.846 bits per heavy atom. The minimum Gasteiger partial charge on any atom is -0.299 e. The maximum atomic E-state index is 13.4. The van der Waals surface area contributed by atoms with Crippen molar-refractivity contribution in [2.45, 2.75) is 63.2 Å². The molecule has 1 nitrogen and oxygen atoms in total. The van der Waals surface area contributed by atoms with Crippen LogP contribution in [-0.4, -0.2) is 5.78 Å². The highest BCUT2D eigenvalue weighted by Gasteiger charge is 2.57. The second kappa shape index (κ2) is 5.81. The van der Waals surface area contributed by atoms with Crippen molar-refractivity contribution >= 4 is 5.78 Å². The number of hydrogen-bond donors (Lipinski definition) is 0. The molecule has 4 saturated carbocycles. The van der Waals surface area contributed by atoms with Crippen molar-refractivity contribution in [3.8, 4) is 0 Å². The van der Waals surface area contributed by atoms with Crippen LogP contribution in [0, 0.1) is 18.3 Å². The van der Waals surface area contributed by atoms with E-state index < -0.39 is 0 Å². The van der Waals surface area contributed by atoms with Gasteiger partial charge < -0.3 is 0 Å². The van der Waals surface area contributed by atoms with Gasteiger partial charge in [-0.1, -0.05) is 60.2 Å². The molecule has 2 bridgehead atoms. The lowest BCUT2D eigenvalue weighted by atomic mass is 9.50. The van der Waals surface area contributed by atoms with Crippen LogP contribution < -0.4 is 0 Å². The monoisotopic (exact) mass is 344 g/mol. The third kappa shape index (κ3) is 2.47. The number of ketones is 1. The summed E-state index contributed by atoms with van der Waals surface area (Å²) in [7, 11) is 0. The van der Waals surface area contributed by atoms with Crippen molar-refractivity contribution in [1.82, 2.24) is 0 Å². The summed E-state index contributed by atoms with van der Waals surface area (Å²) < 4.78 is 0. The molecule has 4 aliphatic carbocycles. The lowest BCUT2D eigenvalue weighted by Crippen LogP contribution is -2.48. The second-order valence-electron chi connectivity index (χ2n) is 9.15. The Labute approximate surface area is 156 Å². The summed E-state index contributed by atoms with van der Waals surface area (Å²) in [6, 6.07) is 19.9. The van der Waals surface area contributed by atoms with E-state index in [2.05, 4.69) is 61.5 Å². The largest absolute Gasteiger partial charge is 0.299 e. The maximum absolute atomic E-state index is 13.4. The topological polar surface area (TPSA) is 17.1 Å². The van der Waals surface area contributed by atoms with Crippen LogP contribution in [0.2, 0.25) is 0 Å². The van der Waals surface area contributed by atoms with E-state index in [1.165, 1.54) is 36.0 Å². The summed E-state index contributed by atoms with van der Waals surface area (Å²) in [6.07, 6.45) is 8.00. The van der Waals surface area contributed by atoms with E-state index in [4.69, 9.17) is 0 Å². The number of carbonyl (C=O) groups excluding carboxylic acids is 1. The maximum Gasteiger partial charge on any atom is 0.142 e. The van der Waals surface area contributed by atoms with Crippen molar-refractivity contribution in [1.29, 1.82) is 0 Å². The summed E-state index contributed by atoms with van der Waals surface area (Å²) in [5.41, 5.74) is 4.53. The van der Waals surface area contributed by atoms with Crippen molar-refractivity contribution in [2.24, 2.45) is 11.3 Å². The van der Waals surface area contributed by atoms with Crippen molar-refractivity contribution < 1.29 is 4.79 Å². The van der Waals surface area contributed by atoms with E-state index in [-0.39, 0.29) is 5.41 Å². The zero-order valence-corrected chi connectivity index (χ0v) is 15.7. The molecule has 0 radical (unpaired) electrons. The quantitative estimate of drug-likeness (QED) is 0.669. The van der Waals surface area contributed by atoms with Crippen LogP contribution in [-0.2, 0) is 10.2 Å². The molecular formula is C25H28O. The fourth-order valence-electron chi connectivity index (χ4n) is 5.84. The molecule has 2 aromatic rings. The first-order valence-electron chi connectivity index (χ1n) is 10.3. The lowest BCUT2D eigenvalue weighted by molar-refractivity contribution is -0.137. The number of rotatable bonds is 4. The van der Waals surface area contributed by atoms with E-state index in [0.29, 0.717) is 23.0 Å². The van der Waals surface area contributed by atoms with Crippen LogP contribution in [0.5, 0.6) is 0 Å². The molecule has 1 heteroatoms. The Morgan fingerprint density at radius 3 is 2.08 bits per heavy atom. The van der Waals surface area contributed by atoms with Gasteiger partial charge in [-0.15, -0.1) is 0 Å². The van der Waals surface area contributed by atoms with Crippen molar-refractivity contribution in [2.75, 3.05) is 0 Å². The number of hydrogen-bond acceptors (Lipinski definition) is 1. The standard InChI is InChI=1S/C25H28O/c1-18-7-9-19(10-8-18)21-17-22(21)23(26)25-14-11-24(12-15-25,13-16-25)20-5-3-2-4-6-20/h2-10,21-22H,11-17H2,1H3. The number of benzene rings is 2. The van der Waals surface area contributed by atoms with Gasteiger partial charge in [-0.25, -0.2) is 0 Å². The highest BCUT2D eigenvalue weighted by atomic mass is 16.1. The first-order chi connectivity index (χ1) is 12.6. The van der Waals surface area contributed by atoms with Gasteiger partial charge in [0.15, 0.2) is 0 Å². The van der Waals surface area contributed by atoms with Gasteiger partial charge in [0.1, 0.15) is 5.78 Å². The van der Waals surface area contributed by atoms with Gasteiger partial charge in [-0.3, -0.25) is 4.79 Å². The summed E-state index contributed by atoms with van der Waals surface area (Å²) >= 11 is 0. The zero-order chi connectivity index (χ0) is 17.8. The molecule has 2 atom stereocenters. The molecule has 0 spiro atoms. The number of Topliss-reactive ketones (excluding diaryl/α,β-unsaturated/α-hetero) is 1. The SMILES string of the molecule is Cc1ccc(C2CC2C(=O)C23CCC(c4ccccc4)(CC2)CC3)cc1. The number of aryl methyl sites for hydroxylation is 1. The molecule has 4 fully saturated rings. The normalized spacial score (nSPS) is 35.3. The van der Waals surface area contributed by atoms with E-state index in [0.717, 1.165) is 25.7 Å². The van der Waals surface area contributed by atoms with Crippen LogP contribution in [0.1, 0.15) is 67.6 Å². The van der Waals surface area contributed by atoms with E-state index in [9.17, 15) is 4.79 Å². The Hall–Kier alpha value is -1.89. The molecule has 0 aliphatic heterocycles. The molecule has 134 valence electrons. The van der Waals surface area contributed by atoms with Crippen LogP contribution in [0.4, 0.5) is 0 Å². The van der Waals surface area contributed by atoms with Gasteiger partial charge in [0.2, 0.25) is 0 Å². The molecule has 2 unspecified atom stereocenters. The number of fused-ring (bicyclic) bond motifs is 3. The fraction of sp³-hybridized carbons (Fsp3) is 0.480. The van der Waals surface area contributed by atoms with Crippen LogP contribution in [0.25, 0.3) is 0 Å². The molecule has 2 aromatic carbocycles. The lowest BCUT2D eigenvalue weighted by Gasteiger charge is -2.53. The van der Waals surface area contributed by atoms with Gasteiger partial charge in [0, 0.05) is 11.3 Å². The molecular weight excluding hydrogens is 316 g/mol. The Morgan fingerprint density at radius 2 is 1.46 bits per heavy atom. The summed E-state index contributed by atoms with van der Waals surface area (Å²) in [5.74, 6) is 1.38. The van der Waals surface area contributed by atoms with Gasteiger partial charge in [-0.2, -0.15) is 0 Å². The average molecular weight is 344 g/mol. The highest BCUT2D eigenvalue weighted by Crippen LogP contribution is 2.62. The van der Waals surface area contributed by atoms with Gasteiger partial charge >= 0.3 is 0 Å². The van der Waals surface area contributed by atoms with Crippen LogP contribution in [0.15, 0.2) is 54.6 Å². The predicted octanol–water partition coefficient (Wildman–Crippen LogP) is 5.96. The van der Waals surface area contributed by atoms with Crippen molar-refractivity contribution in [3.05, 3.63) is 71.3 Å². The summed E-state index contributed by atoms with van der Waals surface area (Å²) in [6.45, 7) is 2.13. The minimum atomic E-state index is 0.000639. The van der Waals surface area contributed by atoms with Crippen LogP contribution >= 0.6 is 0 Å². The Kier molecular flexibility index (Phi) is 3.64.